The summed E-state index contributed by atoms with van der Waals surface area (Å²) in [5, 5.41) is 9.38. The lowest BCUT2D eigenvalue weighted by Gasteiger charge is -2.30. The van der Waals surface area contributed by atoms with Gasteiger partial charge < -0.3 is 16.0 Å². The molecule has 132 valence electrons. The Morgan fingerprint density at radius 1 is 1.38 bits per heavy atom. The monoisotopic (exact) mass is 351 g/mol. The van der Waals surface area contributed by atoms with Gasteiger partial charge in [-0.15, -0.1) is 12.4 Å². The predicted molar refractivity (Wildman–Crippen MR) is 97.6 cm³/mol. The zero-order valence-electron chi connectivity index (χ0n) is 14.1. The second-order valence-electron chi connectivity index (χ2n) is 6.63. The van der Waals surface area contributed by atoms with Gasteiger partial charge in [-0.2, -0.15) is 0 Å². The largest absolute Gasteiger partial charge is 0.352 e. The van der Waals surface area contributed by atoms with Crippen LogP contribution in [0, 0.1) is 0 Å². The fraction of sp³-hybridized carbons (Fsp3) is 0.556. The first-order chi connectivity index (χ1) is 11.1. The summed E-state index contributed by atoms with van der Waals surface area (Å²) in [6, 6.07) is 6.70. The van der Waals surface area contributed by atoms with Crippen molar-refractivity contribution in [2.75, 3.05) is 11.9 Å². The van der Waals surface area contributed by atoms with Crippen LogP contribution in [0.15, 0.2) is 18.2 Å². The molecule has 2 unspecified atom stereocenters. The third-order valence-electron chi connectivity index (χ3n) is 4.77. The summed E-state index contributed by atoms with van der Waals surface area (Å²) < 4.78 is 0. The van der Waals surface area contributed by atoms with Crippen LogP contribution in [0.1, 0.15) is 43.7 Å². The van der Waals surface area contributed by atoms with E-state index in [1.807, 2.05) is 12.1 Å². The zero-order valence-corrected chi connectivity index (χ0v) is 14.9. The smallest absolute Gasteiger partial charge is 0.228 e. The fourth-order valence-electron chi connectivity index (χ4n) is 3.41. The number of carbonyl (C=O) groups excluding carboxylic acids is 2. The third kappa shape index (κ3) is 4.71. The molecule has 3 rings (SSSR count). The summed E-state index contributed by atoms with van der Waals surface area (Å²) in [7, 11) is 0. The molecule has 2 heterocycles. The van der Waals surface area contributed by atoms with E-state index in [4.69, 9.17) is 0 Å². The van der Waals surface area contributed by atoms with E-state index >= 15 is 0 Å². The first-order valence-electron chi connectivity index (χ1n) is 8.56. The highest BCUT2D eigenvalue weighted by Gasteiger charge is 2.22. The van der Waals surface area contributed by atoms with Crippen molar-refractivity contribution in [1.29, 1.82) is 0 Å². The molecule has 2 aliphatic heterocycles. The summed E-state index contributed by atoms with van der Waals surface area (Å²) in [5.74, 6) is 0.204. The molecule has 0 radical (unpaired) electrons. The van der Waals surface area contributed by atoms with Crippen LogP contribution in [0.25, 0.3) is 0 Å². The molecular weight excluding hydrogens is 326 g/mol. The fourth-order valence-corrected chi connectivity index (χ4v) is 3.41. The van der Waals surface area contributed by atoms with Gasteiger partial charge in [0.25, 0.3) is 0 Å². The van der Waals surface area contributed by atoms with Gasteiger partial charge in [-0.05, 0) is 56.3 Å². The van der Waals surface area contributed by atoms with Gasteiger partial charge in [-0.3, -0.25) is 9.59 Å². The van der Waals surface area contributed by atoms with Gasteiger partial charge in [0.1, 0.15) is 0 Å². The van der Waals surface area contributed by atoms with E-state index in [0.717, 1.165) is 43.5 Å². The molecule has 2 amide bonds. The number of hydrogen-bond donors (Lipinski definition) is 3. The minimum absolute atomic E-state index is 0. The second kappa shape index (κ2) is 8.49. The minimum atomic E-state index is 0. The van der Waals surface area contributed by atoms with E-state index < -0.39 is 0 Å². The summed E-state index contributed by atoms with van der Waals surface area (Å²) in [6.07, 6.45) is 4.91. The van der Waals surface area contributed by atoms with Gasteiger partial charge in [-0.25, -0.2) is 0 Å². The Morgan fingerprint density at radius 2 is 2.21 bits per heavy atom. The average molecular weight is 352 g/mol. The zero-order chi connectivity index (χ0) is 16.2. The molecule has 1 aromatic rings. The summed E-state index contributed by atoms with van der Waals surface area (Å²) >= 11 is 0. The van der Waals surface area contributed by atoms with Gasteiger partial charge in [0.2, 0.25) is 11.8 Å². The Morgan fingerprint density at radius 3 is 3.00 bits per heavy atom. The van der Waals surface area contributed by atoms with Crippen molar-refractivity contribution in [3.05, 3.63) is 29.3 Å². The highest BCUT2D eigenvalue weighted by molar-refractivity contribution is 5.99. The maximum absolute atomic E-state index is 12.1. The number of anilines is 1. The Hall–Kier alpha value is -1.59. The van der Waals surface area contributed by atoms with Crippen LogP contribution in [0.3, 0.4) is 0 Å². The molecule has 5 nitrogen and oxygen atoms in total. The Labute approximate surface area is 149 Å². The lowest BCUT2D eigenvalue weighted by atomic mass is 9.99. The highest BCUT2D eigenvalue weighted by atomic mass is 35.5. The van der Waals surface area contributed by atoms with Gasteiger partial charge in [-0.1, -0.05) is 12.1 Å². The Balaban J connectivity index is 0.00000208. The number of piperidine rings is 1. The van der Waals surface area contributed by atoms with Gasteiger partial charge in [0, 0.05) is 24.2 Å². The van der Waals surface area contributed by atoms with Gasteiger partial charge in [0.15, 0.2) is 0 Å². The number of hydrogen-bond acceptors (Lipinski definition) is 3. The number of fused-ring (bicyclic) bond motifs is 1. The molecule has 2 aliphatic rings. The molecule has 0 spiro atoms. The van der Waals surface area contributed by atoms with Crippen molar-refractivity contribution in [1.82, 2.24) is 10.6 Å². The van der Waals surface area contributed by atoms with E-state index in [1.54, 1.807) is 0 Å². The Bertz CT molecular complexity index is 606. The lowest BCUT2D eigenvalue weighted by Crippen LogP contribution is -2.51. The first-order valence-corrected chi connectivity index (χ1v) is 8.56. The topological polar surface area (TPSA) is 70.2 Å². The van der Waals surface area contributed by atoms with Crippen molar-refractivity contribution in [2.45, 2.75) is 57.5 Å². The number of halogens is 1. The van der Waals surface area contributed by atoms with Crippen LogP contribution >= 0.6 is 12.4 Å². The Kier molecular flexibility index (Phi) is 6.63. The maximum atomic E-state index is 12.1. The normalized spacial score (nSPS) is 22.3. The van der Waals surface area contributed by atoms with Crippen molar-refractivity contribution in [2.24, 2.45) is 0 Å². The van der Waals surface area contributed by atoms with E-state index in [1.165, 1.54) is 5.56 Å². The molecule has 6 heteroatoms. The standard InChI is InChI=1S/C18H25N3O2.ClH/c1-12-15(5-3-9-19-12)20-17(22)6-2-4-13-7-8-16-14(10-13)11-18(23)21-16;/h7-8,10,12,15,19H,2-6,9,11H2,1H3,(H,20,22)(H,21,23);1H. The summed E-state index contributed by atoms with van der Waals surface area (Å²) in [4.78, 5) is 23.4. The van der Waals surface area contributed by atoms with Crippen LogP contribution < -0.4 is 16.0 Å². The van der Waals surface area contributed by atoms with Crippen LogP contribution in [0.5, 0.6) is 0 Å². The van der Waals surface area contributed by atoms with Crippen LogP contribution in [0.2, 0.25) is 0 Å². The molecule has 1 fully saturated rings. The van der Waals surface area contributed by atoms with Crippen molar-refractivity contribution in [3.8, 4) is 0 Å². The molecule has 0 bridgehead atoms. The SMILES string of the molecule is CC1NCCCC1NC(=O)CCCc1ccc2c(c1)CC(=O)N2.Cl. The summed E-state index contributed by atoms with van der Waals surface area (Å²) in [5.41, 5.74) is 3.19. The second-order valence-corrected chi connectivity index (χ2v) is 6.63. The molecule has 3 N–H and O–H groups in total. The first kappa shape index (κ1) is 18.7. The third-order valence-corrected chi connectivity index (χ3v) is 4.77. The number of aryl methyl sites for hydroxylation is 1. The molecule has 2 atom stereocenters. The van der Waals surface area contributed by atoms with Gasteiger partial charge in [0.05, 0.1) is 6.42 Å². The van der Waals surface area contributed by atoms with Crippen molar-refractivity contribution < 1.29 is 9.59 Å². The van der Waals surface area contributed by atoms with E-state index in [0.29, 0.717) is 18.9 Å². The lowest BCUT2D eigenvalue weighted by molar-refractivity contribution is -0.122. The molecule has 0 aliphatic carbocycles. The van der Waals surface area contributed by atoms with Crippen LogP contribution in [-0.4, -0.2) is 30.4 Å². The van der Waals surface area contributed by atoms with Gasteiger partial charge >= 0.3 is 0 Å². The van der Waals surface area contributed by atoms with Crippen molar-refractivity contribution in [3.63, 3.8) is 0 Å². The molecule has 0 aromatic heterocycles. The summed E-state index contributed by atoms with van der Waals surface area (Å²) in [6.45, 7) is 3.17. The average Bonchev–Trinajstić information content (AvgIpc) is 2.89. The van der Waals surface area contributed by atoms with E-state index in [2.05, 4.69) is 28.9 Å². The van der Waals surface area contributed by atoms with Crippen LogP contribution in [0.4, 0.5) is 5.69 Å². The molecule has 0 saturated carbocycles. The molecule has 1 aromatic carbocycles. The van der Waals surface area contributed by atoms with E-state index in [9.17, 15) is 9.59 Å². The van der Waals surface area contributed by atoms with Crippen LogP contribution in [-0.2, 0) is 22.4 Å². The molecule has 24 heavy (non-hydrogen) atoms. The number of amides is 2. The molecule has 1 saturated heterocycles. The number of rotatable bonds is 5. The maximum Gasteiger partial charge on any atom is 0.228 e. The predicted octanol–water partition coefficient (Wildman–Crippen LogP) is 2.18. The van der Waals surface area contributed by atoms with Crippen molar-refractivity contribution >= 4 is 29.9 Å². The molecular formula is C18H26ClN3O2. The number of carbonyl (C=O) groups is 2. The number of nitrogens with one attached hydrogen (secondary N) is 3. The number of benzene rings is 1. The van der Waals surface area contributed by atoms with E-state index in [-0.39, 0.29) is 30.3 Å². The minimum Gasteiger partial charge on any atom is -0.352 e. The highest BCUT2D eigenvalue weighted by Crippen LogP contribution is 2.24. The quantitative estimate of drug-likeness (QED) is 0.761.